The van der Waals surface area contributed by atoms with E-state index < -0.39 is 0 Å². The van der Waals surface area contributed by atoms with E-state index in [0.717, 1.165) is 45.5 Å². The van der Waals surface area contributed by atoms with Gasteiger partial charge in [-0.25, -0.2) is 0 Å². The molecule has 0 saturated carbocycles. The Balaban J connectivity index is 2.00. The zero-order valence-corrected chi connectivity index (χ0v) is 11.3. The summed E-state index contributed by atoms with van der Waals surface area (Å²) in [5.74, 6) is 0. The SMILES string of the molecule is COCC(CCCN)N1CCc2ccccc2C1. The third kappa shape index (κ3) is 3.31. The summed E-state index contributed by atoms with van der Waals surface area (Å²) in [5, 5.41) is 0. The Hall–Kier alpha value is -0.900. The number of nitrogens with zero attached hydrogens (tertiary/aromatic N) is 1. The number of hydrogen-bond donors (Lipinski definition) is 1. The number of nitrogens with two attached hydrogens (primary N) is 1. The minimum atomic E-state index is 0.506. The predicted molar refractivity (Wildman–Crippen MR) is 74.5 cm³/mol. The van der Waals surface area contributed by atoms with Gasteiger partial charge in [0, 0.05) is 26.2 Å². The second-order valence-corrected chi connectivity index (χ2v) is 5.03. The highest BCUT2D eigenvalue weighted by Crippen LogP contribution is 2.21. The molecule has 3 nitrogen and oxygen atoms in total. The molecule has 0 aromatic heterocycles. The number of hydrogen-bond acceptors (Lipinski definition) is 3. The van der Waals surface area contributed by atoms with Crippen LogP contribution in [0, 0.1) is 0 Å². The molecule has 1 aromatic rings. The van der Waals surface area contributed by atoms with Crippen LogP contribution in [0.4, 0.5) is 0 Å². The maximum atomic E-state index is 5.62. The van der Waals surface area contributed by atoms with Crippen LogP contribution in [-0.2, 0) is 17.7 Å². The van der Waals surface area contributed by atoms with Crippen LogP contribution in [0.1, 0.15) is 24.0 Å². The lowest BCUT2D eigenvalue weighted by Crippen LogP contribution is -2.42. The second-order valence-electron chi connectivity index (χ2n) is 5.03. The Morgan fingerprint density at radius 1 is 1.33 bits per heavy atom. The molecular weight excluding hydrogens is 224 g/mol. The molecule has 2 N–H and O–H groups in total. The number of methoxy groups -OCH3 is 1. The van der Waals surface area contributed by atoms with Crippen LogP contribution in [0.2, 0.25) is 0 Å². The van der Waals surface area contributed by atoms with Gasteiger partial charge in [-0.15, -0.1) is 0 Å². The zero-order valence-electron chi connectivity index (χ0n) is 11.3. The number of rotatable bonds is 6. The van der Waals surface area contributed by atoms with Crippen LogP contribution in [-0.4, -0.2) is 37.7 Å². The summed E-state index contributed by atoms with van der Waals surface area (Å²) in [6.45, 7) is 3.76. The van der Waals surface area contributed by atoms with Crippen LogP contribution >= 0.6 is 0 Å². The first-order chi connectivity index (χ1) is 8.85. The minimum absolute atomic E-state index is 0.506. The highest BCUT2D eigenvalue weighted by molar-refractivity contribution is 5.29. The summed E-state index contributed by atoms with van der Waals surface area (Å²) in [6.07, 6.45) is 3.36. The van der Waals surface area contributed by atoms with Crippen LogP contribution < -0.4 is 5.73 Å². The molecule has 3 heteroatoms. The Bertz CT molecular complexity index is 367. The number of benzene rings is 1. The lowest BCUT2D eigenvalue weighted by molar-refractivity contribution is 0.0755. The molecule has 0 aliphatic carbocycles. The molecule has 0 radical (unpaired) electrons. The Kier molecular flexibility index (Phi) is 5.17. The van der Waals surface area contributed by atoms with Crippen molar-refractivity contribution >= 4 is 0 Å². The van der Waals surface area contributed by atoms with Gasteiger partial charge >= 0.3 is 0 Å². The van der Waals surface area contributed by atoms with Gasteiger partial charge in [-0.1, -0.05) is 24.3 Å². The highest BCUT2D eigenvalue weighted by Gasteiger charge is 2.22. The van der Waals surface area contributed by atoms with Crippen molar-refractivity contribution in [3.63, 3.8) is 0 Å². The molecule has 1 heterocycles. The Morgan fingerprint density at radius 2 is 2.11 bits per heavy atom. The van der Waals surface area contributed by atoms with Crippen LogP contribution in [0.5, 0.6) is 0 Å². The third-order valence-corrected chi connectivity index (χ3v) is 3.78. The molecule has 0 fully saturated rings. The number of ether oxygens (including phenoxy) is 1. The van der Waals surface area contributed by atoms with Crippen molar-refractivity contribution in [2.45, 2.75) is 31.8 Å². The van der Waals surface area contributed by atoms with Crippen LogP contribution in [0.15, 0.2) is 24.3 Å². The van der Waals surface area contributed by atoms with E-state index in [9.17, 15) is 0 Å². The molecule has 0 bridgehead atoms. The van der Waals surface area contributed by atoms with E-state index in [2.05, 4.69) is 29.2 Å². The minimum Gasteiger partial charge on any atom is -0.383 e. The van der Waals surface area contributed by atoms with Crippen molar-refractivity contribution in [2.75, 3.05) is 26.8 Å². The molecule has 0 spiro atoms. The van der Waals surface area contributed by atoms with Gasteiger partial charge in [0.15, 0.2) is 0 Å². The average molecular weight is 248 g/mol. The number of fused-ring (bicyclic) bond motifs is 1. The fourth-order valence-electron chi connectivity index (χ4n) is 2.75. The Morgan fingerprint density at radius 3 is 2.83 bits per heavy atom. The molecule has 1 atom stereocenters. The van der Waals surface area contributed by atoms with E-state index in [4.69, 9.17) is 10.5 Å². The van der Waals surface area contributed by atoms with Gasteiger partial charge in [-0.2, -0.15) is 0 Å². The summed E-state index contributed by atoms with van der Waals surface area (Å²) < 4.78 is 5.36. The molecule has 0 amide bonds. The first-order valence-corrected chi connectivity index (χ1v) is 6.85. The van der Waals surface area contributed by atoms with E-state index in [0.29, 0.717) is 6.04 Å². The molecule has 1 aliphatic heterocycles. The van der Waals surface area contributed by atoms with E-state index in [-0.39, 0.29) is 0 Å². The predicted octanol–water partition coefficient (Wildman–Crippen LogP) is 1.80. The van der Waals surface area contributed by atoms with Crippen molar-refractivity contribution in [2.24, 2.45) is 5.73 Å². The van der Waals surface area contributed by atoms with Crippen molar-refractivity contribution in [3.05, 3.63) is 35.4 Å². The standard InChI is InChI=1S/C15H24N2O/c1-18-12-15(7-4-9-16)17-10-8-13-5-2-3-6-14(13)11-17/h2-3,5-6,15H,4,7-12,16H2,1H3. The maximum absolute atomic E-state index is 5.62. The van der Waals surface area contributed by atoms with Gasteiger partial charge in [-0.3, -0.25) is 4.90 Å². The van der Waals surface area contributed by atoms with E-state index in [1.54, 1.807) is 7.11 Å². The van der Waals surface area contributed by atoms with Gasteiger partial charge in [0.05, 0.1) is 6.61 Å². The van der Waals surface area contributed by atoms with Gasteiger partial charge < -0.3 is 10.5 Å². The monoisotopic (exact) mass is 248 g/mol. The molecule has 1 aromatic carbocycles. The van der Waals surface area contributed by atoms with Crippen molar-refractivity contribution < 1.29 is 4.74 Å². The van der Waals surface area contributed by atoms with E-state index in [1.807, 2.05) is 0 Å². The first-order valence-electron chi connectivity index (χ1n) is 6.85. The molecule has 18 heavy (non-hydrogen) atoms. The molecule has 0 saturated heterocycles. The summed E-state index contributed by atoms with van der Waals surface area (Å²) in [6, 6.07) is 9.27. The molecule has 2 rings (SSSR count). The van der Waals surface area contributed by atoms with Crippen molar-refractivity contribution in [3.8, 4) is 0 Å². The van der Waals surface area contributed by atoms with Crippen LogP contribution in [0.25, 0.3) is 0 Å². The smallest absolute Gasteiger partial charge is 0.0618 e. The summed E-state index contributed by atoms with van der Waals surface area (Å²) in [4.78, 5) is 2.54. The van der Waals surface area contributed by atoms with Gasteiger partial charge in [0.2, 0.25) is 0 Å². The molecule has 100 valence electrons. The lowest BCUT2D eigenvalue weighted by atomic mass is 9.97. The molecule has 1 unspecified atom stereocenters. The van der Waals surface area contributed by atoms with Gasteiger partial charge in [0.25, 0.3) is 0 Å². The quantitative estimate of drug-likeness (QED) is 0.834. The van der Waals surface area contributed by atoms with Gasteiger partial charge in [0.1, 0.15) is 0 Å². The fraction of sp³-hybridized carbons (Fsp3) is 0.600. The third-order valence-electron chi connectivity index (χ3n) is 3.78. The molecule has 1 aliphatic rings. The molecular formula is C15H24N2O. The van der Waals surface area contributed by atoms with Crippen molar-refractivity contribution in [1.82, 2.24) is 4.90 Å². The second kappa shape index (κ2) is 6.88. The lowest BCUT2D eigenvalue weighted by Gasteiger charge is -2.35. The van der Waals surface area contributed by atoms with Crippen LogP contribution in [0.3, 0.4) is 0 Å². The Labute approximate surface area is 110 Å². The van der Waals surface area contributed by atoms with E-state index in [1.165, 1.54) is 11.1 Å². The fourth-order valence-corrected chi connectivity index (χ4v) is 2.75. The van der Waals surface area contributed by atoms with E-state index >= 15 is 0 Å². The highest BCUT2D eigenvalue weighted by atomic mass is 16.5. The first kappa shape index (κ1) is 13.5. The van der Waals surface area contributed by atoms with Crippen molar-refractivity contribution in [1.29, 1.82) is 0 Å². The largest absolute Gasteiger partial charge is 0.383 e. The topological polar surface area (TPSA) is 38.5 Å². The summed E-state index contributed by atoms with van der Waals surface area (Å²) >= 11 is 0. The average Bonchev–Trinajstić information content (AvgIpc) is 2.43. The maximum Gasteiger partial charge on any atom is 0.0618 e. The normalized spacial score (nSPS) is 17.4. The summed E-state index contributed by atoms with van der Waals surface area (Å²) in [5.41, 5.74) is 8.59. The summed E-state index contributed by atoms with van der Waals surface area (Å²) in [7, 11) is 1.79. The zero-order chi connectivity index (χ0) is 12.8. The van der Waals surface area contributed by atoms with Gasteiger partial charge in [-0.05, 0) is 36.9 Å².